The van der Waals surface area contributed by atoms with Crippen molar-refractivity contribution in [3.63, 3.8) is 0 Å². The van der Waals surface area contributed by atoms with E-state index in [1.165, 1.54) is 11.1 Å². The summed E-state index contributed by atoms with van der Waals surface area (Å²) < 4.78 is 5.52. The van der Waals surface area contributed by atoms with Crippen LogP contribution in [0, 0.1) is 11.8 Å². The number of hydrogen-bond acceptors (Lipinski definition) is 3. The lowest BCUT2D eigenvalue weighted by atomic mass is 9.74. The van der Waals surface area contributed by atoms with Crippen LogP contribution in [0.25, 0.3) is 0 Å². The molecule has 2 aliphatic rings. The molecule has 0 aromatic heterocycles. The van der Waals surface area contributed by atoms with Gasteiger partial charge in [-0.2, -0.15) is 0 Å². The molecule has 0 spiro atoms. The van der Waals surface area contributed by atoms with Crippen molar-refractivity contribution in [3.8, 4) is 0 Å². The summed E-state index contributed by atoms with van der Waals surface area (Å²) in [6, 6.07) is 8.32. The molecule has 130 valence electrons. The standard InChI is InChI=1S/C19H26N2O3/c1-11(2)13-8-7-12-5-3-4-6-14(12)17(13)21-19(23)16-10-9-15(24-16)18(20)22/h3-6,11,13,15-17H,7-10H2,1-2H3,(H2,20,22)(H,21,23)/t13-,15-,16+,17+/m0/s1. The van der Waals surface area contributed by atoms with Crippen molar-refractivity contribution in [3.05, 3.63) is 35.4 Å². The molecule has 24 heavy (non-hydrogen) atoms. The first kappa shape index (κ1) is 17.0. The number of carbonyl (C=O) groups excluding carboxylic acids is 2. The van der Waals surface area contributed by atoms with Crippen LogP contribution in [0.3, 0.4) is 0 Å². The van der Waals surface area contributed by atoms with E-state index in [4.69, 9.17) is 10.5 Å². The SMILES string of the molecule is CC(C)[C@@H]1CCc2ccccc2[C@@H]1NC(=O)[C@H]1CC[C@@H](C(N)=O)O1. The lowest BCUT2D eigenvalue weighted by molar-refractivity contribution is -0.138. The Morgan fingerprint density at radius 3 is 2.54 bits per heavy atom. The maximum atomic E-state index is 12.7. The van der Waals surface area contributed by atoms with Gasteiger partial charge in [0.25, 0.3) is 0 Å². The fourth-order valence-corrected chi connectivity index (χ4v) is 3.97. The number of rotatable bonds is 4. The summed E-state index contributed by atoms with van der Waals surface area (Å²) in [6.45, 7) is 4.40. The van der Waals surface area contributed by atoms with Gasteiger partial charge in [-0.3, -0.25) is 9.59 Å². The van der Waals surface area contributed by atoms with Crippen molar-refractivity contribution in [1.82, 2.24) is 5.32 Å². The van der Waals surface area contributed by atoms with Crippen LogP contribution >= 0.6 is 0 Å². The van der Waals surface area contributed by atoms with E-state index in [2.05, 4.69) is 31.3 Å². The van der Waals surface area contributed by atoms with Crippen LogP contribution in [0.5, 0.6) is 0 Å². The molecule has 3 rings (SSSR count). The lowest BCUT2D eigenvalue weighted by Gasteiger charge is -2.37. The third-order valence-electron chi connectivity index (χ3n) is 5.35. The van der Waals surface area contributed by atoms with E-state index in [0.29, 0.717) is 24.7 Å². The Labute approximate surface area is 142 Å². The summed E-state index contributed by atoms with van der Waals surface area (Å²) in [5.41, 5.74) is 7.79. The van der Waals surface area contributed by atoms with Gasteiger partial charge in [0.1, 0.15) is 12.2 Å². The zero-order valence-electron chi connectivity index (χ0n) is 14.3. The number of aryl methyl sites for hydroxylation is 1. The number of amides is 2. The minimum absolute atomic E-state index is 0.00122. The maximum Gasteiger partial charge on any atom is 0.249 e. The Balaban J connectivity index is 1.76. The largest absolute Gasteiger partial charge is 0.367 e. The molecule has 5 heteroatoms. The fourth-order valence-electron chi connectivity index (χ4n) is 3.97. The molecule has 1 aromatic rings. The summed E-state index contributed by atoms with van der Waals surface area (Å²) in [4.78, 5) is 23.9. The quantitative estimate of drug-likeness (QED) is 0.887. The molecule has 0 saturated carbocycles. The van der Waals surface area contributed by atoms with Crippen molar-refractivity contribution in [2.75, 3.05) is 0 Å². The number of carbonyl (C=O) groups is 2. The molecule has 1 heterocycles. The van der Waals surface area contributed by atoms with Gasteiger partial charge in [0.15, 0.2) is 0 Å². The molecule has 0 radical (unpaired) electrons. The summed E-state index contributed by atoms with van der Waals surface area (Å²) in [7, 11) is 0. The average Bonchev–Trinajstić information content (AvgIpc) is 3.05. The molecule has 3 N–H and O–H groups in total. The van der Waals surface area contributed by atoms with E-state index in [1.807, 2.05) is 12.1 Å². The van der Waals surface area contributed by atoms with E-state index < -0.39 is 18.1 Å². The Morgan fingerprint density at radius 2 is 1.88 bits per heavy atom. The molecule has 0 bridgehead atoms. The zero-order valence-corrected chi connectivity index (χ0v) is 14.3. The third kappa shape index (κ3) is 3.31. The average molecular weight is 330 g/mol. The number of fused-ring (bicyclic) bond motifs is 1. The highest BCUT2D eigenvalue weighted by Gasteiger charge is 2.37. The van der Waals surface area contributed by atoms with Crippen molar-refractivity contribution in [2.24, 2.45) is 17.6 Å². The predicted octanol–water partition coefficient (Wildman–Crippen LogP) is 2.10. The van der Waals surface area contributed by atoms with Crippen LogP contribution in [-0.2, 0) is 20.7 Å². The molecule has 1 aliphatic carbocycles. The Bertz CT molecular complexity index is 629. The summed E-state index contributed by atoms with van der Waals surface area (Å²) in [5, 5.41) is 3.19. The van der Waals surface area contributed by atoms with Crippen LogP contribution < -0.4 is 11.1 Å². The maximum absolute atomic E-state index is 12.7. The Kier molecular flexibility index (Phi) is 4.90. The van der Waals surface area contributed by atoms with E-state index in [1.54, 1.807) is 0 Å². The van der Waals surface area contributed by atoms with Gasteiger partial charge < -0.3 is 15.8 Å². The molecular weight excluding hydrogens is 304 g/mol. The topological polar surface area (TPSA) is 81.4 Å². The van der Waals surface area contributed by atoms with Crippen LogP contribution in [0.1, 0.15) is 50.3 Å². The molecule has 1 aromatic carbocycles. The van der Waals surface area contributed by atoms with Gasteiger partial charge in [0, 0.05) is 0 Å². The highest BCUT2D eigenvalue weighted by atomic mass is 16.5. The van der Waals surface area contributed by atoms with Gasteiger partial charge in [0.05, 0.1) is 6.04 Å². The zero-order chi connectivity index (χ0) is 17.3. The molecule has 4 atom stereocenters. The second-order valence-electron chi connectivity index (χ2n) is 7.22. The highest BCUT2D eigenvalue weighted by molar-refractivity contribution is 5.84. The number of benzene rings is 1. The smallest absolute Gasteiger partial charge is 0.249 e. The highest BCUT2D eigenvalue weighted by Crippen LogP contribution is 2.38. The first-order chi connectivity index (χ1) is 11.5. The summed E-state index contributed by atoms with van der Waals surface area (Å²) in [5.74, 6) is 0.253. The first-order valence-electron chi connectivity index (χ1n) is 8.80. The van der Waals surface area contributed by atoms with Crippen molar-refractivity contribution < 1.29 is 14.3 Å². The molecule has 5 nitrogen and oxygen atoms in total. The summed E-state index contributed by atoms with van der Waals surface area (Å²) >= 11 is 0. The van der Waals surface area contributed by atoms with Gasteiger partial charge in [-0.1, -0.05) is 38.1 Å². The molecule has 1 fully saturated rings. The number of primary amides is 1. The van der Waals surface area contributed by atoms with Gasteiger partial charge >= 0.3 is 0 Å². The van der Waals surface area contributed by atoms with Crippen molar-refractivity contribution >= 4 is 11.8 Å². The second-order valence-corrected chi connectivity index (χ2v) is 7.22. The van der Waals surface area contributed by atoms with Gasteiger partial charge in [-0.25, -0.2) is 0 Å². The minimum atomic E-state index is -0.639. The molecule has 0 unspecified atom stereocenters. The van der Waals surface area contributed by atoms with Crippen LogP contribution in [-0.4, -0.2) is 24.0 Å². The van der Waals surface area contributed by atoms with E-state index in [0.717, 1.165) is 12.8 Å². The second kappa shape index (κ2) is 6.93. The van der Waals surface area contributed by atoms with Crippen LogP contribution in [0.2, 0.25) is 0 Å². The number of nitrogens with two attached hydrogens (primary N) is 1. The number of hydrogen-bond donors (Lipinski definition) is 2. The lowest BCUT2D eigenvalue weighted by Crippen LogP contribution is -2.43. The third-order valence-corrected chi connectivity index (χ3v) is 5.35. The van der Waals surface area contributed by atoms with Crippen LogP contribution in [0.4, 0.5) is 0 Å². The Hall–Kier alpha value is -1.88. The number of ether oxygens (including phenoxy) is 1. The summed E-state index contributed by atoms with van der Waals surface area (Å²) in [6.07, 6.45) is 1.96. The van der Waals surface area contributed by atoms with E-state index in [9.17, 15) is 9.59 Å². The van der Waals surface area contributed by atoms with E-state index in [-0.39, 0.29) is 11.9 Å². The fraction of sp³-hybridized carbons (Fsp3) is 0.579. The van der Waals surface area contributed by atoms with Crippen molar-refractivity contribution in [2.45, 2.75) is 57.8 Å². The van der Waals surface area contributed by atoms with Gasteiger partial charge in [0.2, 0.25) is 11.8 Å². The minimum Gasteiger partial charge on any atom is -0.367 e. The molecule has 1 aliphatic heterocycles. The predicted molar refractivity (Wildman–Crippen MR) is 91.1 cm³/mol. The van der Waals surface area contributed by atoms with Gasteiger partial charge in [-0.05, 0) is 48.6 Å². The van der Waals surface area contributed by atoms with Crippen molar-refractivity contribution in [1.29, 1.82) is 0 Å². The molecular formula is C19H26N2O3. The molecule has 2 amide bonds. The normalized spacial score (nSPS) is 29.3. The molecule has 1 saturated heterocycles. The van der Waals surface area contributed by atoms with E-state index >= 15 is 0 Å². The first-order valence-corrected chi connectivity index (χ1v) is 8.80. The Morgan fingerprint density at radius 1 is 1.17 bits per heavy atom. The van der Waals surface area contributed by atoms with Crippen LogP contribution in [0.15, 0.2) is 24.3 Å². The van der Waals surface area contributed by atoms with Gasteiger partial charge in [-0.15, -0.1) is 0 Å². The monoisotopic (exact) mass is 330 g/mol. The number of nitrogens with one attached hydrogen (secondary N) is 1.